The van der Waals surface area contributed by atoms with E-state index in [1.807, 2.05) is 18.2 Å². The van der Waals surface area contributed by atoms with Crippen molar-refractivity contribution in [3.63, 3.8) is 0 Å². The summed E-state index contributed by atoms with van der Waals surface area (Å²) in [6, 6.07) is 17.4. The van der Waals surface area contributed by atoms with Crippen molar-refractivity contribution in [3.8, 4) is 5.75 Å². The van der Waals surface area contributed by atoms with E-state index < -0.39 is 21.8 Å². The molecule has 1 heterocycles. The Balaban J connectivity index is 1.57. The average Bonchev–Trinajstić information content (AvgIpc) is 3.25. The van der Waals surface area contributed by atoms with Crippen LogP contribution in [0.5, 0.6) is 5.75 Å². The van der Waals surface area contributed by atoms with E-state index in [9.17, 15) is 18.0 Å². The van der Waals surface area contributed by atoms with Gasteiger partial charge in [-0.3, -0.25) is 20.4 Å². The van der Waals surface area contributed by atoms with Gasteiger partial charge in [0.25, 0.3) is 5.91 Å². The van der Waals surface area contributed by atoms with E-state index in [4.69, 9.17) is 9.15 Å². The zero-order chi connectivity index (χ0) is 23.1. The number of rotatable bonds is 8. The second-order valence-corrected chi connectivity index (χ2v) is 8.79. The summed E-state index contributed by atoms with van der Waals surface area (Å²) in [6.45, 7) is 3.52. The van der Waals surface area contributed by atoms with E-state index in [0.29, 0.717) is 11.5 Å². The number of hydrogen-bond donors (Lipinski definition) is 3. The van der Waals surface area contributed by atoms with Crippen LogP contribution >= 0.6 is 0 Å². The number of carbonyl (C=O) groups is 2. The van der Waals surface area contributed by atoms with E-state index in [1.165, 1.54) is 30.3 Å². The smallest absolute Gasteiger partial charge is 0.305 e. The van der Waals surface area contributed by atoms with Gasteiger partial charge in [0.05, 0.1) is 4.90 Å². The molecule has 0 aliphatic rings. The van der Waals surface area contributed by atoms with E-state index in [1.54, 1.807) is 32.0 Å². The Morgan fingerprint density at radius 2 is 1.66 bits per heavy atom. The zero-order valence-electron chi connectivity index (χ0n) is 17.5. The van der Waals surface area contributed by atoms with Crippen molar-refractivity contribution in [2.75, 3.05) is 0 Å². The molecule has 3 aromatic rings. The first kappa shape index (κ1) is 23.0. The monoisotopic (exact) mass is 457 g/mol. The molecule has 32 heavy (non-hydrogen) atoms. The minimum atomic E-state index is -3.76. The van der Waals surface area contributed by atoms with E-state index in [0.717, 1.165) is 0 Å². The van der Waals surface area contributed by atoms with Crippen molar-refractivity contribution in [2.24, 2.45) is 0 Å². The zero-order valence-corrected chi connectivity index (χ0v) is 18.3. The first-order valence-electron chi connectivity index (χ1n) is 9.74. The van der Waals surface area contributed by atoms with Gasteiger partial charge in [-0.25, -0.2) is 13.1 Å². The van der Waals surface area contributed by atoms with Gasteiger partial charge in [0.15, 0.2) is 5.76 Å². The lowest BCUT2D eigenvalue weighted by Gasteiger charge is -2.11. The first-order valence-corrected chi connectivity index (χ1v) is 11.2. The summed E-state index contributed by atoms with van der Waals surface area (Å²) < 4.78 is 38.0. The fourth-order valence-corrected chi connectivity index (χ4v) is 3.98. The molecule has 168 valence electrons. The summed E-state index contributed by atoms with van der Waals surface area (Å²) >= 11 is 0. The highest BCUT2D eigenvalue weighted by atomic mass is 32.2. The second kappa shape index (κ2) is 10.1. The molecule has 0 unspecified atom stereocenters. The lowest BCUT2D eigenvalue weighted by atomic mass is 10.2. The molecule has 0 aliphatic carbocycles. The molecule has 0 saturated carbocycles. The molecule has 0 radical (unpaired) electrons. The van der Waals surface area contributed by atoms with E-state index in [2.05, 4.69) is 15.6 Å². The maximum Gasteiger partial charge on any atom is 0.305 e. The molecule has 3 rings (SSSR count). The van der Waals surface area contributed by atoms with Gasteiger partial charge in [0, 0.05) is 11.6 Å². The van der Waals surface area contributed by atoms with E-state index in [-0.39, 0.29) is 28.9 Å². The van der Waals surface area contributed by atoms with Crippen LogP contribution in [0.2, 0.25) is 0 Å². The highest BCUT2D eigenvalue weighted by Crippen LogP contribution is 2.14. The van der Waals surface area contributed by atoms with Gasteiger partial charge in [-0.1, -0.05) is 24.3 Å². The summed E-state index contributed by atoms with van der Waals surface area (Å²) in [4.78, 5) is 24.5. The Kier molecular flexibility index (Phi) is 7.29. The van der Waals surface area contributed by atoms with E-state index >= 15 is 0 Å². The minimum Gasteiger partial charge on any atom is -0.486 e. The topological polar surface area (TPSA) is 127 Å². The van der Waals surface area contributed by atoms with Crippen molar-refractivity contribution in [2.45, 2.75) is 31.4 Å². The maximum absolute atomic E-state index is 12.4. The number of hydrogen-bond acceptors (Lipinski definition) is 6. The summed E-state index contributed by atoms with van der Waals surface area (Å²) in [6.07, 6.45) is 0. The second-order valence-electron chi connectivity index (χ2n) is 7.08. The quantitative estimate of drug-likeness (QED) is 0.446. The number of nitrogens with one attached hydrogen (secondary N) is 3. The lowest BCUT2D eigenvalue weighted by Crippen LogP contribution is -2.41. The Morgan fingerprint density at radius 3 is 2.38 bits per heavy atom. The van der Waals surface area contributed by atoms with Crippen molar-refractivity contribution in [1.29, 1.82) is 0 Å². The molecule has 0 saturated heterocycles. The van der Waals surface area contributed by atoms with Gasteiger partial charge in [0.1, 0.15) is 18.1 Å². The number of amides is 2. The Labute approximate surface area is 185 Å². The normalized spacial score (nSPS) is 11.2. The summed E-state index contributed by atoms with van der Waals surface area (Å²) in [5, 5.41) is 0. The van der Waals surface area contributed by atoms with Gasteiger partial charge in [-0.15, -0.1) is 0 Å². The molecular weight excluding hydrogens is 434 g/mol. The van der Waals surface area contributed by atoms with Crippen LogP contribution in [0.4, 0.5) is 0 Å². The van der Waals surface area contributed by atoms with Gasteiger partial charge in [-0.05, 0) is 56.3 Å². The number of furan rings is 1. The molecule has 2 amide bonds. The Hall–Kier alpha value is -3.63. The number of ether oxygens (including phenoxy) is 1. The minimum absolute atomic E-state index is 0.0191. The molecule has 9 nitrogen and oxygen atoms in total. The van der Waals surface area contributed by atoms with Gasteiger partial charge >= 0.3 is 5.91 Å². The predicted molar refractivity (Wildman–Crippen MR) is 116 cm³/mol. The van der Waals surface area contributed by atoms with Crippen LogP contribution in [0.25, 0.3) is 0 Å². The molecule has 0 bridgehead atoms. The molecule has 0 atom stereocenters. The van der Waals surface area contributed by atoms with Gasteiger partial charge in [-0.2, -0.15) is 0 Å². The number of para-hydroxylation sites is 1. The average molecular weight is 458 g/mol. The predicted octanol–water partition coefficient (Wildman–Crippen LogP) is 2.62. The molecule has 10 heteroatoms. The Bertz CT molecular complexity index is 1190. The third-order valence-corrected chi connectivity index (χ3v) is 5.75. The van der Waals surface area contributed by atoms with Crippen LogP contribution in [0.15, 0.2) is 76.0 Å². The van der Waals surface area contributed by atoms with Gasteiger partial charge in [0.2, 0.25) is 10.0 Å². The third-order valence-electron chi connectivity index (χ3n) is 4.10. The van der Waals surface area contributed by atoms with Crippen molar-refractivity contribution >= 4 is 21.8 Å². The summed E-state index contributed by atoms with van der Waals surface area (Å²) in [7, 11) is -3.76. The molecular formula is C22H23N3O6S. The Morgan fingerprint density at radius 1 is 0.938 bits per heavy atom. The fraction of sp³-hybridized carbons (Fsp3) is 0.182. The molecule has 0 fully saturated rings. The fourth-order valence-electron chi connectivity index (χ4n) is 2.68. The van der Waals surface area contributed by atoms with Crippen LogP contribution in [-0.4, -0.2) is 26.3 Å². The van der Waals surface area contributed by atoms with Crippen LogP contribution in [0.3, 0.4) is 0 Å². The SMILES string of the molecule is CC(C)NS(=O)(=O)c1cccc(C(=O)NNC(=O)c2ccc(COc3ccccc3)o2)c1. The number of sulfonamides is 1. The first-order chi connectivity index (χ1) is 15.2. The lowest BCUT2D eigenvalue weighted by molar-refractivity contribution is 0.0828. The van der Waals surface area contributed by atoms with Crippen molar-refractivity contribution < 1.29 is 27.2 Å². The molecule has 3 N–H and O–H groups in total. The van der Waals surface area contributed by atoms with Crippen LogP contribution in [-0.2, 0) is 16.6 Å². The summed E-state index contributed by atoms with van der Waals surface area (Å²) in [5.41, 5.74) is 4.54. The number of hydrazine groups is 1. The molecule has 1 aromatic heterocycles. The maximum atomic E-state index is 12.4. The van der Waals surface area contributed by atoms with Gasteiger partial charge < -0.3 is 9.15 Å². The number of carbonyl (C=O) groups excluding carboxylic acids is 2. The number of benzene rings is 2. The third kappa shape index (κ3) is 6.19. The standard InChI is InChI=1S/C22H23N3O6S/c1-15(2)25-32(28,29)19-10-6-7-16(13-19)21(26)23-24-22(27)20-12-11-18(31-20)14-30-17-8-4-3-5-9-17/h3-13,15,25H,14H2,1-2H3,(H,23,26)(H,24,27). The van der Waals surface area contributed by atoms with Crippen LogP contribution < -0.4 is 20.3 Å². The molecule has 0 aliphatic heterocycles. The highest BCUT2D eigenvalue weighted by molar-refractivity contribution is 7.89. The summed E-state index contributed by atoms with van der Waals surface area (Å²) in [5.74, 6) is -0.279. The molecule has 2 aromatic carbocycles. The largest absolute Gasteiger partial charge is 0.486 e. The van der Waals surface area contributed by atoms with Crippen molar-refractivity contribution in [3.05, 3.63) is 83.8 Å². The van der Waals surface area contributed by atoms with Crippen LogP contribution in [0.1, 0.15) is 40.5 Å². The highest BCUT2D eigenvalue weighted by Gasteiger charge is 2.18. The van der Waals surface area contributed by atoms with Crippen LogP contribution in [0, 0.1) is 0 Å². The molecule has 0 spiro atoms. The van der Waals surface area contributed by atoms with Crippen molar-refractivity contribution in [1.82, 2.24) is 15.6 Å².